The molecule has 2 N–H and O–H groups in total. The molecule has 1 aliphatic rings. The summed E-state index contributed by atoms with van der Waals surface area (Å²) in [6, 6.07) is 14.3. The van der Waals surface area contributed by atoms with Gasteiger partial charge in [0.05, 0.1) is 17.3 Å². The molecule has 8 heteroatoms. The van der Waals surface area contributed by atoms with E-state index >= 15 is 0 Å². The van der Waals surface area contributed by atoms with Gasteiger partial charge < -0.3 is 10.6 Å². The van der Waals surface area contributed by atoms with E-state index in [9.17, 15) is 14.0 Å². The lowest BCUT2D eigenvalue weighted by Crippen LogP contribution is -2.50. The summed E-state index contributed by atoms with van der Waals surface area (Å²) in [4.78, 5) is 30.7. The minimum atomic E-state index is -0.411. The van der Waals surface area contributed by atoms with Gasteiger partial charge in [0.1, 0.15) is 11.6 Å². The minimum absolute atomic E-state index is 0.233. The van der Waals surface area contributed by atoms with Crippen LogP contribution < -0.4 is 21.9 Å². The third-order valence-electron chi connectivity index (χ3n) is 6.98. The van der Waals surface area contributed by atoms with Crippen LogP contribution >= 0.6 is 0 Å². The van der Waals surface area contributed by atoms with Crippen LogP contribution in [0.25, 0.3) is 0 Å². The van der Waals surface area contributed by atoms with Gasteiger partial charge in [0.25, 0.3) is 5.56 Å². The van der Waals surface area contributed by atoms with Crippen molar-refractivity contribution in [3.63, 3.8) is 0 Å². The predicted octanol–water partition coefficient (Wildman–Crippen LogP) is 3.29. The van der Waals surface area contributed by atoms with Gasteiger partial charge in [0, 0.05) is 39.8 Å². The molecule has 2 aromatic carbocycles. The number of rotatable bonds is 7. The van der Waals surface area contributed by atoms with Crippen LogP contribution in [0.15, 0.2) is 58.1 Å². The Morgan fingerprint density at radius 1 is 1.00 bits per heavy atom. The summed E-state index contributed by atoms with van der Waals surface area (Å²) in [6.45, 7) is 6.98. The van der Waals surface area contributed by atoms with Crippen molar-refractivity contribution in [3.05, 3.63) is 91.9 Å². The molecule has 0 amide bonds. The van der Waals surface area contributed by atoms with Crippen molar-refractivity contribution in [1.82, 2.24) is 14.0 Å². The predicted molar refractivity (Wildman–Crippen MR) is 138 cm³/mol. The summed E-state index contributed by atoms with van der Waals surface area (Å²) >= 11 is 0. The van der Waals surface area contributed by atoms with Crippen LogP contribution in [0, 0.1) is 12.7 Å². The maximum Gasteiger partial charge on any atom is 0.332 e. The fraction of sp³-hybridized carbons (Fsp3) is 0.407. The second-order valence-corrected chi connectivity index (χ2v) is 9.18. The van der Waals surface area contributed by atoms with Crippen molar-refractivity contribution in [1.29, 1.82) is 0 Å². The van der Waals surface area contributed by atoms with Gasteiger partial charge in [-0.3, -0.25) is 18.8 Å². The maximum absolute atomic E-state index is 14.4. The zero-order chi connectivity index (χ0) is 25.1. The molecular weight excluding hydrogens is 445 g/mol. The molecule has 1 aliphatic heterocycles. The normalized spacial score (nSPS) is 15.4. The number of nitrogen functional groups attached to an aromatic ring is 1. The van der Waals surface area contributed by atoms with E-state index in [0.29, 0.717) is 44.0 Å². The van der Waals surface area contributed by atoms with Crippen molar-refractivity contribution in [2.45, 2.75) is 39.3 Å². The van der Waals surface area contributed by atoms with Crippen LogP contribution in [0.5, 0.6) is 0 Å². The lowest BCUT2D eigenvalue weighted by Gasteiger charge is -2.41. The lowest BCUT2D eigenvalue weighted by atomic mass is 9.93. The lowest BCUT2D eigenvalue weighted by molar-refractivity contribution is 0.209. The summed E-state index contributed by atoms with van der Waals surface area (Å²) in [5.41, 5.74) is 8.87. The molecule has 0 spiro atoms. The fourth-order valence-corrected chi connectivity index (χ4v) is 4.95. The molecule has 0 aliphatic carbocycles. The first-order valence-electron chi connectivity index (χ1n) is 12.2. The fourth-order valence-electron chi connectivity index (χ4n) is 4.95. The van der Waals surface area contributed by atoms with Crippen molar-refractivity contribution in [3.8, 4) is 0 Å². The van der Waals surface area contributed by atoms with E-state index in [0.717, 1.165) is 24.0 Å². The molecule has 1 fully saturated rings. The third-order valence-corrected chi connectivity index (χ3v) is 6.98. The molecule has 1 unspecified atom stereocenters. The van der Waals surface area contributed by atoms with E-state index in [2.05, 4.69) is 11.8 Å². The smallest absolute Gasteiger partial charge is 0.332 e. The van der Waals surface area contributed by atoms with Crippen molar-refractivity contribution < 1.29 is 4.39 Å². The zero-order valence-corrected chi connectivity index (χ0v) is 20.7. The first-order valence-corrected chi connectivity index (χ1v) is 12.2. The molecular formula is C27H34FN5O2. The largest absolute Gasteiger partial charge is 0.385 e. The maximum atomic E-state index is 14.4. The molecule has 1 atom stereocenters. The average molecular weight is 480 g/mol. The Labute approximate surface area is 205 Å². The summed E-state index contributed by atoms with van der Waals surface area (Å²) in [7, 11) is 1.51. The number of aryl methyl sites for hydroxylation is 1. The van der Waals surface area contributed by atoms with Gasteiger partial charge >= 0.3 is 5.69 Å². The topological polar surface area (TPSA) is 76.5 Å². The quantitative estimate of drug-likeness (QED) is 0.563. The highest BCUT2D eigenvalue weighted by molar-refractivity contribution is 5.50. The van der Waals surface area contributed by atoms with E-state index < -0.39 is 11.7 Å². The van der Waals surface area contributed by atoms with Gasteiger partial charge in [0.2, 0.25) is 0 Å². The van der Waals surface area contributed by atoms with E-state index in [1.54, 1.807) is 12.1 Å². The number of hydrogen-bond acceptors (Lipinski definition) is 5. The number of unbranched alkanes of at least 4 members (excludes halogenated alkanes) is 1. The van der Waals surface area contributed by atoms with Gasteiger partial charge in [0.15, 0.2) is 0 Å². The van der Waals surface area contributed by atoms with E-state index in [1.807, 2.05) is 42.2 Å². The van der Waals surface area contributed by atoms with E-state index in [1.165, 1.54) is 22.2 Å². The van der Waals surface area contributed by atoms with Crippen LogP contribution in [0.4, 0.5) is 15.9 Å². The second-order valence-electron chi connectivity index (χ2n) is 9.18. The highest BCUT2D eigenvalue weighted by Crippen LogP contribution is 2.33. The Morgan fingerprint density at radius 2 is 1.66 bits per heavy atom. The van der Waals surface area contributed by atoms with Gasteiger partial charge in [-0.25, -0.2) is 9.18 Å². The van der Waals surface area contributed by atoms with Gasteiger partial charge in [-0.05, 0) is 36.6 Å². The molecule has 35 heavy (non-hydrogen) atoms. The second kappa shape index (κ2) is 10.5. The molecule has 3 aromatic rings. The Bertz CT molecular complexity index is 1310. The van der Waals surface area contributed by atoms with Gasteiger partial charge in [-0.15, -0.1) is 0 Å². The Hall–Kier alpha value is -3.39. The number of piperazine rings is 1. The number of para-hydroxylation sites is 1. The Balaban J connectivity index is 1.79. The van der Waals surface area contributed by atoms with Crippen molar-refractivity contribution >= 4 is 11.5 Å². The molecule has 1 saturated heterocycles. The molecule has 4 rings (SSSR count). The highest BCUT2D eigenvalue weighted by atomic mass is 19.1. The molecule has 0 bridgehead atoms. The highest BCUT2D eigenvalue weighted by Gasteiger charge is 2.33. The molecule has 2 heterocycles. The number of nitrogens with zero attached hydrogens (tertiary/aromatic N) is 4. The standard InChI is InChI=1S/C27H34FN5O2/c1-4-5-14-33-25(29)23(26(34)30(3)27(33)35)24(20-11-7-6-10-19(20)2)32-17-15-31(16-18-32)22-13-9-8-12-21(22)28/h6-13,24H,4-5,14-18,29H2,1-3H3. The van der Waals surface area contributed by atoms with E-state index in [4.69, 9.17) is 5.73 Å². The number of aromatic nitrogens is 2. The Morgan fingerprint density at radius 3 is 2.31 bits per heavy atom. The first-order chi connectivity index (χ1) is 16.8. The third kappa shape index (κ3) is 4.75. The van der Waals surface area contributed by atoms with Crippen LogP contribution in [0.2, 0.25) is 0 Å². The summed E-state index contributed by atoms with van der Waals surface area (Å²) in [5.74, 6) is -0.00569. The summed E-state index contributed by atoms with van der Waals surface area (Å²) < 4.78 is 17.1. The monoisotopic (exact) mass is 479 g/mol. The number of hydrogen-bond donors (Lipinski definition) is 1. The number of benzene rings is 2. The summed E-state index contributed by atoms with van der Waals surface area (Å²) in [5, 5.41) is 0. The SMILES string of the molecule is CCCCn1c(N)c(C(c2ccccc2C)N2CCN(c3ccccc3F)CC2)c(=O)n(C)c1=O. The molecule has 7 nitrogen and oxygen atoms in total. The average Bonchev–Trinajstić information content (AvgIpc) is 2.87. The summed E-state index contributed by atoms with van der Waals surface area (Å²) in [6.07, 6.45) is 1.70. The number of anilines is 2. The van der Waals surface area contributed by atoms with Crippen molar-refractivity contribution in [2.24, 2.45) is 7.05 Å². The number of halogens is 1. The first kappa shape index (κ1) is 24.7. The van der Waals surface area contributed by atoms with Gasteiger partial charge in [-0.1, -0.05) is 49.7 Å². The van der Waals surface area contributed by atoms with E-state index in [-0.39, 0.29) is 17.2 Å². The van der Waals surface area contributed by atoms with Crippen LogP contribution in [0.3, 0.4) is 0 Å². The van der Waals surface area contributed by atoms with Crippen LogP contribution in [-0.4, -0.2) is 40.2 Å². The van der Waals surface area contributed by atoms with Crippen LogP contribution in [0.1, 0.15) is 42.5 Å². The Kier molecular flexibility index (Phi) is 7.40. The zero-order valence-electron chi connectivity index (χ0n) is 20.7. The number of nitrogens with two attached hydrogens (primary N) is 1. The molecule has 186 valence electrons. The minimum Gasteiger partial charge on any atom is -0.385 e. The van der Waals surface area contributed by atoms with Gasteiger partial charge in [-0.2, -0.15) is 0 Å². The van der Waals surface area contributed by atoms with Crippen molar-refractivity contribution in [2.75, 3.05) is 36.8 Å². The van der Waals surface area contributed by atoms with Crippen LogP contribution in [-0.2, 0) is 13.6 Å². The molecule has 1 aromatic heterocycles. The molecule has 0 radical (unpaired) electrons. The molecule has 0 saturated carbocycles.